The summed E-state index contributed by atoms with van der Waals surface area (Å²) in [7, 11) is 0. The summed E-state index contributed by atoms with van der Waals surface area (Å²) in [4.78, 5) is 0. The van der Waals surface area contributed by atoms with Crippen molar-refractivity contribution in [3.8, 4) is 0 Å². The number of nitrogens with one attached hydrogen (secondary N) is 1. The summed E-state index contributed by atoms with van der Waals surface area (Å²) in [6.45, 7) is 5.14. The molecule has 0 aromatic heterocycles. The molecule has 0 saturated carbocycles. The van der Waals surface area contributed by atoms with E-state index in [1.54, 1.807) is 0 Å². The van der Waals surface area contributed by atoms with Gasteiger partial charge in [0.2, 0.25) is 0 Å². The van der Waals surface area contributed by atoms with Crippen LogP contribution in [0.15, 0.2) is 24.3 Å². The Balaban J connectivity index is 2.12. The molecule has 3 heteroatoms. The van der Waals surface area contributed by atoms with E-state index in [1.807, 2.05) is 0 Å². The van der Waals surface area contributed by atoms with Crippen LogP contribution in [0.1, 0.15) is 30.9 Å². The van der Waals surface area contributed by atoms with Crippen LogP contribution in [-0.4, -0.2) is 18.2 Å². The van der Waals surface area contributed by atoms with Gasteiger partial charge >= 0.3 is 0 Å². The van der Waals surface area contributed by atoms with Crippen molar-refractivity contribution in [1.82, 2.24) is 5.43 Å². The number of ether oxygens (including phenoxy) is 1. The Morgan fingerprint density at radius 3 is 2.82 bits per heavy atom. The van der Waals surface area contributed by atoms with Crippen LogP contribution in [0.2, 0.25) is 0 Å². The van der Waals surface area contributed by atoms with Gasteiger partial charge in [-0.05, 0) is 44.2 Å². The molecule has 1 aliphatic heterocycles. The molecule has 94 valence electrons. The molecule has 1 aromatic carbocycles. The summed E-state index contributed by atoms with van der Waals surface area (Å²) in [5.41, 5.74) is 5.46. The molecule has 2 rings (SSSR count). The number of aryl methyl sites for hydroxylation is 1. The lowest BCUT2D eigenvalue weighted by molar-refractivity contribution is -0.0115. The molecule has 0 amide bonds. The Kier molecular flexibility index (Phi) is 3.82. The molecular formula is C14H22N2O. The lowest BCUT2D eigenvalue weighted by Crippen LogP contribution is -2.52. The van der Waals surface area contributed by atoms with Crippen LogP contribution in [0.25, 0.3) is 0 Å². The van der Waals surface area contributed by atoms with Crippen molar-refractivity contribution in [2.45, 2.75) is 44.8 Å². The molecule has 1 aromatic rings. The Morgan fingerprint density at radius 1 is 1.47 bits per heavy atom. The molecule has 3 N–H and O–H groups in total. The Hall–Kier alpha value is -0.900. The first-order valence-corrected chi connectivity index (χ1v) is 6.30. The van der Waals surface area contributed by atoms with Gasteiger partial charge in [-0.3, -0.25) is 11.3 Å². The molecule has 3 nitrogen and oxygen atoms in total. The maximum Gasteiger partial charge on any atom is 0.0824 e. The highest BCUT2D eigenvalue weighted by atomic mass is 16.5. The van der Waals surface area contributed by atoms with E-state index >= 15 is 0 Å². The van der Waals surface area contributed by atoms with Gasteiger partial charge in [0.1, 0.15) is 0 Å². The minimum absolute atomic E-state index is 0.128. The highest BCUT2D eigenvalue weighted by Crippen LogP contribution is 2.30. The zero-order valence-corrected chi connectivity index (χ0v) is 10.7. The molecule has 0 bridgehead atoms. The molecule has 2 unspecified atom stereocenters. The van der Waals surface area contributed by atoms with Gasteiger partial charge in [-0.2, -0.15) is 0 Å². The van der Waals surface area contributed by atoms with E-state index in [-0.39, 0.29) is 11.6 Å². The lowest BCUT2D eigenvalue weighted by atomic mass is 9.88. The van der Waals surface area contributed by atoms with Crippen molar-refractivity contribution in [2.24, 2.45) is 5.84 Å². The molecule has 2 atom stereocenters. The number of hydrogen-bond donors (Lipinski definition) is 2. The van der Waals surface area contributed by atoms with Crippen LogP contribution < -0.4 is 11.3 Å². The summed E-state index contributed by atoms with van der Waals surface area (Å²) < 4.78 is 5.86. The van der Waals surface area contributed by atoms with Crippen LogP contribution in [0.3, 0.4) is 0 Å². The van der Waals surface area contributed by atoms with Gasteiger partial charge in [-0.1, -0.05) is 24.3 Å². The average molecular weight is 234 g/mol. The predicted molar refractivity (Wildman–Crippen MR) is 69.6 cm³/mol. The van der Waals surface area contributed by atoms with Crippen LogP contribution in [0.5, 0.6) is 0 Å². The predicted octanol–water partition coefficient (Wildman–Crippen LogP) is 1.94. The largest absolute Gasteiger partial charge is 0.374 e. The fourth-order valence-corrected chi connectivity index (χ4v) is 2.59. The second-order valence-corrected chi connectivity index (χ2v) is 5.11. The smallest absolute Gasteiger partial charge is 0.0824 e. The lowest BCUT2D eigenvalue weighted by Gasteiger charge is -2.33. The van der Waals surface area contributed by atoms with E-state index in [9.17, 15) is 0 Å². The fourth-order valence-electron chi connectivity index (χ4n) is 2.59. The number of nitrogens with two attached hydrogens (primary N) is 1. The van der Waals surface area contributed by atoms with Gasteiger partial charge in [0.25, 0.3) is 0 Å². The first-order valence-electron chi connectivity index (χ1n) is 6.30. The maximum atomic E-state index is 5.86. The number of benzene rings is 1. The topological polar surface area (TPSA) is 47.3 Å². The van der Waals surface area contributed by atoms with Crippen molar-refractivity contribution in [3.63, 3.8) is 0 Å². The highest BCUT2D eigenvalue weighted by Gasteiger charge is 2.37. The fraction of sp³-hybridized carbons (Fsp3) is 0.571. The molecule has 1 saturated heterocycles. The minimum Gasteiger partial charge on any atom is -0.374 e. The minimum atomic E-state index is -0.128. The van der Waals surface area contributed by atoms with Gasteiger partial charge in [0, 0.05) is 6.61 Å². The summed E-state index contributed by atoms with van der Waals surface area (Å²) in [6.07, 6.45) is 3.12. The number of hydrogen-bond acceptors (Lipinski definition) is 3. The third-order valence-electron chi connectivity index (χ3n) is 3.87. The monoisotopic (exact) mass is 234 g/mol. The zero-order valence-electron chi connectivity index (χ0n) is 10.7. The van der Waals surface area contributed by atoms with Crippen molar-refractivity contribution < 1.29 is 4.74 Å². The van der Waals surface area contributed by atoms with Gasteiger partial charge in [0.15, 0.2) is 0 Å². The normalized spacial score (nSPS) is 26.1. The SMILES string of the molecule is Cc1ccccc1CC(NN)C1(C)CCCO1. The highest BCUT2D eigenvalue weighted by molar-refractivity contribution is 5.27. The third kappa shape index (κ3) is 2.68. The van der Waals surface area contributed by atoms with E-state index in [0.717, 1.165) is 25.9 Å². The number of hydrazine groups is 1. The van der Waals surface area contributed by atoms with Gasteiger partial charge in [-0.25, -0.2) is 0 Å². The molecule has 17 heavy (non-hydrogen) atoms. The molecule has 0 spiro atoms. The van der Waals surface area contributed by atoms with Crippen molar-refractivity contribution in [1.29, 1.82) is 0 Å². The summed E-state index contributed by atoms with van der Waals surface area (Å²) >= 11 is 0. The Labute approximate surface area is 103 Å². The second kappa shape index (κ2) is 5.17. The summed E-state index contributed by atoms with van der Waals surface area (Å²) in [5, 5.41) is 0. The molecule has 0 radical (unpaired) electrons. The average Bonchev–Trinajstić information content (AvgIpc) is 2.76. The summed E-state index contributed by atoms with van der Waals surface area (Å²) in [5.74, 6) is 5.71. The zero-order chi connectivity index (χ0) is 12.3. The van der Waals surface area contributed by atoms with E-state index in [1.165, 1.54) is 11.1 Å². The van der Waals surface area contributed by atoms with Crippen LogP contribution in [-0.2, 0) is 11.2 Å². The molecule has 1 fully saturated rings. The van der Waals surface area contributed by atoms with Crippen molar-refractivity contribution in [2.75, 3.05) is 6.61 Å². The van der Waals surface area contributed by atoms with Gasteiger partial charge < -0.3 is 4.74 Å². The first-order chi connectivity index (χ1) is 8.15. The van der Waals surface area contributed by atoms with E-state index in [4.69, 9.17) is 10.6 Å². The van der Waals surface area contributed by atoms with Crippen molar-refractivity contribution >= 4 is 0 Å². The quantitative estimate of drug-likeness (QED) is 0.618. The van der Waals surface area contributed by atoms with Gasteiger partial charge in [-0.15, -0.1) is 0 Å². The van der Waals surface area contributed by atoms with E-state index in [0.29, 0.717) is 0 Å². The van der Waals surface area contributed by atoms with E-state index < -0.39 is 0 Å². The molecule has 0 aliphatic carbocycles. The Bertz CT molecular complexity index is 372. The first kappa shape index (κ1) is 12.6. The standard InChI is InChI=1S/C14H22N2O/c1-11-6-3-4-7-12(11)10-13(16-15)14(2)8-5-9-17-14/h3-4,6-7,13,16H,5,8-10,15H2,1-2H3. The number of rotatable bonds is 4. The summed E-state index contributed by atoms with van der Waals surface area (Å²) in [6, 6.07) is 8.62. The molecule has 1 heterocycles. The molecule has 1 aliphatic rings. The van der Waals surface area contributed by atoms with Crippen LogP contribution >= 0.6 is 0 Å². The Morgan fingerprint density at radius 2 is 2.24 bits per heavy atom. The van der Waals surface area contributed by atoms with Crippen LogP contribution in [0.4, 0.5) is 0 Å². The van der Waals surface area contributed by atoms with E-state index in [2.05, 4.69) is 43.5 Å². The molecular weight excluding hydrogens is 212 g/mol. The van der Waals surface area contributed by atoms with Crippen LogP contribution in [0, 0.1) is 6.92 Å². The van der Waals surface area contributed by atoms with Gasteiger partial charge in [0.05, 0.1) is 11.6 Å². The van der Waals surface area contributed by atoms with Crippen molar-refractivity contribution in [3.05, 3.63) is 35.4 Å². The third-order valence-corrected chi connectivity index (χ3v) is 3.87. The second-order valence-electron chi connectivity index (χ2n) is 5.11. The maximum absolute atomic E-state index is 5.86.